The molecule has 1 saturated heterocycles. The smallest absolute Gasteiger partial charge is 0.0276 e. The molecule has 0 aliphatic carbocycles. The maximum atomic E-state index is 5.78. The molecule has 0 aromatic rings. The van der Waals surface area contributed by atoms with Crippen molar-refractivity contribution in [2.24, 2.45) is 5.73 Å². The van der Waals surface area contributed by atoms with E-state index in [9.17, 15) is 0 Å². The second-order valence-corrected chi connectivity index (χ2v) is 4.85. The van der Waals surface area contributed by atoms with Crippen molar-refractivity contribution < 1.29 is 0 Å². The van der Waals surface area contributed by atoms with Crippen molar-refractivity contribution >= 4 is 0 Å². The van der Waals surface area contributed by atoms with Gasteiger partial charge in [-0.1, -0.05) is 6.92 Å². The average Bonchev–Trinajstić information content (AvgIpc) is 2.19. The Morgan fingerprint density at radius 1 is 1.14 bits per heavy atom. The van der Waals surface area contributed by atoms with Gasteiger partial charge in [-0.25, -0.2) is 0 Å². The minimum atomic E-state index is 0.179. The summed E-state index contributed by atoms with van der Waals surface area (Å²) in [5, 5.41) is 0. The highest BCUT2D eigenvalue weighted by Gasteiger charge is 2.27. The van der Waals surface area contributed by atoms with Gasteiger partial charge in [-0.15, -0.1) is 0 Å². The van der Waals surface area contributed by atoms with Crippen molar-refractivity contribution in [3.05, 3.63) is 0 Å². The van der Waals surface area contributed by atoms with Gasteiger partial charge in [0.15, 0.2) is 0 Å². The Balaban J connectivity index is 2.35. The highest BCUT2D eigenvalue weighted by molar-refractivity contribution is 4.86. The van der Waals surface area contributed by atoms with Gasteiger partial charge < -0.3 is 10.6 Å². The molecular weight excluding hydrogens is 174 g/mol. The van der Waals surface area contributed by atoms with Crippen LogP contribution in [0, 0.1) is 0 Å². The van der Waals surface area contributed by atoms with E-state index in [0.29, 0.717) is 0 Å². The minimum absolute atomic E-state index is 0.179. The van der Waals surface area contributed by atoms with Crippen molar-refractivity contribution in [3.8, 4) is 0 Å². The lowest BCUT2D eigenvalue weighted by Gasteiger charge is -2.43. The van der Waals surface area contributed by atoms with E-state index in [-0.39, 0.29) is 5.54 Å². The summed E-state index contributed by atoms with van der Waals surface area (Å²) in [5.74, 6) is 0. The van der Waals surface area contributed by atoms with Gasteiger partial charge in [-0.3, -0.25) is 4.90 Å². The highest BCUT2D eigenvalue weighted by atomic mass is 15.3. The predicted molar refractivity (Wildman–Crippen MR) is 61.4 cm³/mol. The second-order valence-electron chi connectivity index (χ2n) is 4.85. The van der Waals surface area contributed by atoms with E-state index >= 15 is 0 Å². The van der Waals surface area contributed by atoms with Crippen LogP contribution in [0.1, 0.15) is 27.2 Å². The average molecular weight is 199 g/mol. The summed E-state index contributed by atoms with van der Waals surface area (Å²) >= 11 is 0. The molecule has 3 nitrogen and oxygen atoms in total. The van der Waals surface area contributed by atoms with Crippen LogP contribution in [0.5, 0.6) is 0 Å². The molecule has 1 heterocycles. The molecule has 0 saturated carbocycles. The standard InChI is InChI=1S/C11H25N3/c1-4-5-13-6-8-14(9-7-13)11(2,3)10-12/h4-10,12H2,1-3H3. The third kappa shape index (κ3) is 2.94. The molecular formula is C11H25N3. The molecule has 0 bridgehead atoms. The lowest BCUT2D eigenvalue weighted by atomic mass is 10.0. The molecule has 0 atom stereocenters. The molecule has 0 unspecified atom stereocenters. The molecule has 1 rings (SSSR count). The van der Waals surface area contributed by atoms with Crippen molar-refractivity contribution in [2.75, 3.05) is 39.3 Å². The van der Waals surface area contributed by atoms with Gasteiger partial charge in [0.05, 0.1) is 0 Å². The summed E-state index contributed by atoms with van der Waals surface area (Å²) in [5.41, 5.74) is 5.95. The first kappa shape index (κ1) is 12.0. The molecule has 0 radical (unpaired) electrons. The van der Waals surface area contributed by atoms with E-state index in [1.165, 1.54) is 39.1 Å². The summed E-state index contributed by atoms with van der Waals surface area (Å²) < 4.78 is 0. The molecule has 1 aliphatic rings. The summed E-state index contributed by atoms with van der Waals surface area (Å²) in [6, 6.07) is 0. The third-order valence-electron chi connectivity index (χ3n) is 3.27. The molecule has 14 heavy (non-hydrogen) atoms. The van der Waals surface area contributed by atoms with Gasteiger partial charge in [0.1, 0.15) is 0 Å². The summed E-state index contributed by atoms with van der Waals surface area (Å²) in [6.45, 7) is 13.5. The molecule has 0 aromatic heterocycles. The number of nitrogens with zero attached hydrogens (tertiary/aromatic N) is 2. The first-order chi connectivity index (χ1) is 6.60. The monoisotopic (exact) mass is 199 g/mol. The fraction of sp³-hybridized carbons (Fsp3) is 1.00. The van der Waals surface area contributed by atoms with Crippen LogP contribution in [0.4, 0.5) is 0 Å². The van der Waals surface area contributed by atoms with Gasteiger partial charge in [0.25, 0.3) is 0 Å². The fourth-order valence-corrected chi connectivity index (χ4v) is 2.02. The van der Waals surface area contributed by atoms with E-state index in [1.54, 1.807) is 0 Å². The minimum Gasteiger partial charge on any atom is -0.329 e. The van der Waals surface area contributed by atoms with Gasteiger partial charge in [0.2, 0.25) is 0 Å². The Hall–Kier alpha value is -0.120. The van der Waals surface area contributed by atoms with E-state index < -0.39 is 0 Å². The highest BCUT2D eigenvalue weighted by Crippen LogP contribution is 2.15. The molecule has 84 valence electrons. The lowest BCUT2D eigenvalue weighted by molar-refractivity contribution is 0.0570. The summed E-state index contributed by atoms with van der Waals surface area (Å²) in [6.07, 6.45) is 1.26. The van der Waals surface area contributed by atoms with Crippen molar-refractivity contribution in [1.29, 1.82) is 0 Å². The number of piperazine rings is 1. The zero-order valence-corrected chi connectivity index (χ0v) is 9.92. The van der Waals surface area contributed by atoms with Crippen molar-refractivity contribution in [1.82, 2.24) is 9.80 Å². The number of rotatable bonds is 4. The molecule has 1 aliphatic heterocycles. The summed E-state index contributed by atoms with van der Waals surface area (Å²) in [7, 11) is 0. The molecule has 2 N–H and O–H groups in total. The summed E-state index contributed by atoms with van der Waals surface area (Å²) in [4.78, 5) is 5.06. The van der Waals surface area contributed by atoms with Crippen LogP contribution >= 0.6 is 0 Å². The Morgan fingerprint density at radius 3 is 2.14 bits per heavy atom. The fourth-order valence-electron chi connectivity index (χ4n) is 2.02. The van der Waals surface area contributed by atoms with Gasteiger partial charge in [0, 0.05) is 38.3 Å². The van der Waals surface area contributed by atoms with Crippen LogP contribution < -0.4 is 5.73 Å². The molecule has 0 amide bonds. The van der Waals surface area contributed by atoms with Gasteiger partial charge in [-0.2, -0.15) is 0 Å². The van der Waals surface area contributed by atoms with Crippen molar-refractivity contribution in [3.63, 3.8) is 0 Å². The van der Waals surface area contributed by atoms with Gasteiger partial charge >= 0.3 is 0 Å². The van der Waals surface area contributed by atoms with E-state index in [1.807, 2.05) is 0 Å². The van der Waals surface area contributed by atoms with Crippen LogP contribution in [-0.4, -0.2) is 54.6 Å². The molecule has 0 spiro atoms. The molecule has 1 fully saturated rings. The van der Waals surface area contributed by atoms with Crippen LogP contribution in [-0.2, 0) is 0 Å². The van der Waals surface area contributed by atoms with E-state index in [2.05, 4.69) is 30.6 Å². The molecule has 3 heteroatoms. The third-order valence-corrected chi connectivity index (χ3v) is 3.27. The maximum absolute atomic E-state index is 5.78. The zero-order valence-electron chi connectivity index (χ0n) is 9.92. The largest absolute Gasteiger partial charge is 0.329 e. The first-order valence-electron chi connectivity index (χ1n) is 5.77. The Morgan fingerprint density at radius 2 is 1.71 bits per heavy atom. The van der Waals surface area contributed by atoms with Crippen LogP contribution in [0.15, 0.2) is 0 Å². The Labute approximate surface area is 88.2 Å². The zero-order chi connectivity index (χ0) is 10.6. The first-order valence-corrected chi connectivity index (χ1v) is 5.77. The number of hydrogen-bond donors (Lipinski definition) is 1. The van der Waals surface area contributed by atoms with E-state index in [4.69, 9.17) is 5.73 Å². The maximum Gasteiger partial charge on any atom is 0.0276 e. The van der Waals surface area contributed by atoms with Crippen LogP contribution in [0.3, 0.4) is 0 Å². The quantitative estimate of drug-likeness (QED) is 0.725. The van der Waals surface area contributed by atoms with Gasteiger partial charge in [-0.05, 0) is 26.8 Å². The molecule has 0 aromatic carbocycles. The van der Waals surface area contributed by atoms with E-state index in [0.717, 1.165) is 6.54 Å². The van der Waals surface area contributed by atoms with Crippen molar-refractivity contribution in [2.45, 2.75) is 32.7 Å². The number of hydrogen-bond acceptors (Lipinski definition) is 3. The van der Waals surface area contributed by atoms with Crippen LogP contribution in [0.2, 0.25) is 0 Å². The van der Waals surface area contributed by atoms with Crippen LogP contribution in [0.25, 0.3) is 0 Å². The SMILES string of the molecule is CCCN1CCN(C(C)(C)CN)CC1. The Kier molecular flexibility index (Phi) is 4.35. The Bertz CT molecular complexity index is 160. The lowest BCUT2D eigenvalue weighted by Crippen LogP contribution is -2.57. The number of nitrogens with two attached hydrogens (primary N) is 1. The predicted octanol–water partition coefficient (Wildman–Crippen LogP) is 0.751. The topological polar surface area (TPSA) is 32.5 Å². The second kappa shape index (κ2) is 5.10. The normalized spacial score (nSPS) is 21.4.